The zero-order valence-electron chi connectivity index (χ0n) is 13.3. The van der Waals surface area contributed by atoms with Crippen molar-refractivity contribution in [1.29, 1.82) is 0 Å². The second-order valence-corrected chi connectivity index (χ2v) is 7.34. The van der Waals surface area contributed by atoms with E-state index < -0.39 is 14.8 Å². The summed E-state index contributed by atoms with van der Waals surface area (Å²) in [6.45, 7) is 1.86. The molecule has 0 radical (unpaired) electrons. The van der Waals surface area contributed by atoms with Gasteiger partial charge in [-0.1, -0.05) is 24.3 Å². The van der Waals surface area contributed by atoms with Crippen molar-refractivity contribution in [3.63, 3.8) is 0 Å². The van der Waals surface area contributed by atoms with E-state index in [0.717, 1.165) is 5.56 Å². The minimum absolute atomic E-state index is 0.000802. The molecule has 0 amide bonds. The van der Waals surface area contributed by atoms with Crippen LogP contribution in [-0.2, 0) is 9.84 Å². The van der Waals surface area contributed by atoms with Crippen LogP contribution < -0.4 is 0 Å². The Bertz CT molecular complexity index is 1040. The predicted molar refractivity (Wildman–Crippen MR) is 93.0 cm³/mol. The molecule has 0 spiro atoms. The van der Waals surface area contributed by atoms with E-state index >= 15 is 0 Å². The topological polar surface area (TPSA) is 90.2 Å². The first kappa shape index (κ1) is 16.8. The molecule has 3 rings (SSSR count). The van der Waals surface area contributed by atoms with Gasteiger partial charge in [-0.05, 0) is 36.8 Å². The normalized spacial score (nSPS) is 11.2. The summed E-state index contributed by atoms with van der Waals surface area (Å²) in [4.78, 5) is 14.6. The van der Waals surface area contributed by atoms with Gasteiger partial charge in [0.25, 0.3) is 5.69 Å². The summed E-state index contributed by atoms with van der Waals surface area (Å²) in [5.41, 5.74) is 1.78. The molecule has 0 bridgehead atoms. The van der Waals surface area contributed by atoms with Crippen LogP contribution in [0.2, 0.25) is 0 Å². The van der Waals surface area contributed by atoms with Crippen LogP contribution in [0.15, 0.2) is 76.7 Å². The predicted octanol–water partition coefficient (Wildman–Crippen LogP) is 3.80. The highest BCUT2D eigenvalue weighted by atomic mass is 32.2. The zero-order valence-corrected chi connectivity index (χ0v) is 14.1. The van der Waals surface area contributed by atoms with Gasteiger partial charge >= 0.3 is 0 Å². The fraction of sp³-hybridized carbons (Fsp3) is 0.0556. The van der Waals surface area contributed by atoms with Crippen LogP contribution in [0.1, 0.15) is 5.56 Å². The van der Waals surface area contributed by atoms with Crippen molar-refractivity contribution in [1.82, 2.24) is 4.98 Å². The van der Waals surface area contributed by atoms with Gasteiger partial charge < -0.3 is 0 Å². The summed E-state index contributed by atoms with van der Waals surface area (Å²) >= 11 is 0. The van der Waals surface area contributed by atoms with Gasteiger partial charge in [0.05, 0.1) is 20.4 Å². The van der Waals surface area contributed by atoms with Crippen molar-refractivity contribution in [3.8, 4) is 11.3 Å². The second kappa shape index (κ2) is 6.45. The third kappa shape index (κ3) is 3.14. The molecule has 0 unspecified atom stereocenters. The number of non-ortho nitro benzene ring substituents is 1. The number of nitro benzene ring substituents is 1. The smallest absolute Gasteiger partial charge is 0.258 e. The maximum absolute atomic E-state index is 13.0. The van der Waals surface area contributed by atoms with Crippen LogP contribution in [-0.4, -0.2) is 18.3 Å². The van der Waals surface area contributed by atoms with E-state index in [2.05, 4.69) is 4.98 Å². The molecular weight excluding hydrogens is 340 g/mol. The summed E-state index contributed by atoms with van der Waals surface area (Å²) < 4.78 is 26.0. The first-order chi connectivity index (χ1) is 11.9. The van der Waals surface area contributed by atoms with E-state index in [9.17, 15) is 18.5 Å². The van der Waals surface area contributed by atoms with E-state index in [1.807, 2.05) is 13.0 Å². The van der Waals surface area contributed by atoms with E-state index in [1.165, 1.54) is 30.3 Å². The monoisotopic (exact) mass is 354 g/mol. The third-order valence-electron chi connectivity index (χ3n) is 3.80. The molecule has 0 saturated heterocycles. The van der Waals surface area contributed by atoms with Gasteiger partial charge in [0.15, 0.2) is 0 Å². The molecule has 25 heavy (non-hydrogen) atoms. The molecule has 1 aromatic heterocycles. The van der Waals surface area contributed by atoms with Crippen LogP contribution in [0.4, 0.5) is 5.69 Å². The number of nitro groups is 1. The van der Waals surface area contributed by atoms with Crippen LogP contribution in [0.3, 0.4) is 0 Å². The average molecular weight is 354 g/mol. The van der Waals surface area contributed by atoms with Gasteiger partial charge in [0, 0.05) is 23.9 Å². The van der Waals surface area contributed by atoms with Crippen LogP contribution in [0.25, 0.3) is 11.3 Å². The first-order valence-corrected chi connectivity index (χ1v) is 8.90. The molecule has 0 atom stereocenters. The number of benzene rings is 2. The molecule has 2 aromatic carbocycles. The van der Waals surface area contributed by atoms with Gasteiger partial charge in [-0.15, -0.1) is 0 Å². The Kier molecular flexibility index (Phi) is 4.33. The largest absolute Gasteiger partial charge is 0.269 e. The number of aromatic nitrogens is 1. The molecule has 6 nitrogen and oxygen atoms in total. The molecule has 0 saturated carbocycles. The lowest BCUT2D eigenvalue weighted by molar-refractivity contribution is -0.384. The first-order valence-electron chi connectivity index (χ1n) is 7.42. The van der Waals surface area contributed by atoms with E-state index in [0.29, 0.717) is 11.3 Å². The SMILES string of the molecule is Cc1cccnc1-c1ccccc1S(=O)(=O)c1ccc([N+](=O)[O-])cc1. The van der Waals surface area contributed by atoms with Crippen molar-refractivity contribution in [2.75, 3.05) is 0 Å². The maximum atomic E-state index is 13.0. The zero-order chi connectivity index (χ0) is 18.0. The van der Waals surface area contributed by atoms with Gasteiger partial charge in [0.2, 0.25) is 9.84 Å². The molecule has 0 aliphatic rings. The van der Waals surface area contributed by atoms with Crippen LogP contribution in [0.5, 0.6) is 0 Å². The highest BCUT2D eigenvalue weighted by Crippen LogP contribution is 2.32. The Morgan fingerprint density at radius 2 is 1.64 bits per heavy atom. The Balaban J connectivity index is 2.16. The van der Waals surface area contributed by atoms with E-state index in [-0.39, 0.29) is 15.5 Å². The van der Waals surface area contributed by atoms with E-state index in [1.54, 1.807) is 30.5 Å². The Labute approximate surface area is 144 Å². The van der Waals surface area contributed by atoms with Gasteiger partial charge in [-0.25, -0.2) is 8.42 Å². The van der Waals surface area contributed by atoms with Crippen molar-refractivity contribution < 1.29 is 13.3 Å². The van der Waals surface area contributed by atoms with Crippen molar-refractivity contribution in [2.24, 2.45) is 0 Å². The number of pyridine rings is 1. The van der Waals surface area contributed by atoms with Crippen molar-refractivity contribution >= 4 is 15.5 Å². The van der Waals surface area contributed by atoms with Crippen LogP contribution >= 0.6 is 0 Å². The minimum atomic E-state index is -3.84. The van der Waals surface area contributed by atoms with Crippen molar-refractivity contribution in [3.05, 3.63) is 82.5 Å². The Morgan fingerprint density at radius 3 is 2.28 bits per heavy atom. The minimum Gasteiger partial charge on any atom is -0.258 e. The lowest BCUT2D eigenvalue weighted by Crippen LogP contribution is -2.05. The number of hydrogen-bond acceptors (Lipinski definition) is 5. The number of sulfone groups is 1. The molecule has 0 fully saturated rings. The van der Waals surface area contributed by atoms with Crippen molar-refractivity contribution in [2.45, 2.75) is 16.7 Å². The Hall–Kier alpha value is -3.06. The molecule has 0 aliphatic heterocycles. The molecule has 7 heteroatoms. The molecule has 3 aromatic rings. The number of aryl methyl sites for hydroxylation is 1. The standard InChI is InChI=1S/C18H14N2O4S/c1-13-5-4-12-19-18(13)16-6-2-3-7-17(16)25(23,24)15-10-8-14(9-11-15)20(21)22/h2-12H,1H3. The summed E-state index contributed by atoms with van der Waals surface area (Å²) in [5.74, 6) is 0. The van der Waals surface area contributed by atoms with Gasteiger partial charge in [0.1, 0.15) is 0 Å². The summed E-state index contributed by atoms with van der Waals surface area (Å²) in [6, 6.07) is 15.1. The van der Waals surface area contributed by atoms with Crippen LogP contribution in [0, 0.1) is 17.0 Å². The lowest BCUT2D eigenvalue weighted by atomic mass is 10.1. The third-order valence-corrected chi connectivity index (χ3v) is 5.63. The van der Waals surface area contributed by atoms with Gasteiger partial charge in [-0.3, -0.25) is 15.1 Å². The highest BCUT2D eigenvalue weighted by molar-refractivity contribution is 7.91. The number of hydrogen-bond donors (Lipinski definition) is 0. The highest BCUT2D eigenvalue weighted by Gasteiger charge is 2.23. The average Bonchev–Trinajstić information content (AvgIpc) is 2.62. The molecule has 126 valence electrons. The summed E-state index contributed by atoms with van der Waals surface area (Å²) in [5, 5.41) is 10.8. The molecule has 0 aliphatic carbocycles. The lowest BCUT2D eigenvalue weighted by Gasteiger charge is -2.11. The maximum Gasteiger partial charge on any atom is 0.269 e. The molecular formula is C18H14N2O4S. The quantitative estimate of drug-likeness (QED) is 0.525. The fourth-order valence-corrected chi connectivity index (χ4v) is 4.00. The Morgan fingerprint density at radius 1 is 0.960 bits per heavy atom. The number of nitrogens with zero attached hydrogens (tertiary/aromatic N) is 2. The fourth-order valence-electron chi connectivity index (χ4n) is 2.54. The van der Waals surface area contributed by atoms with E-state index in [4.69, 9.17) is 0 Å². The summed E-state index contributed by atoms with van der Waals surface area (Å²) in [7, 11) is -3.84. The second-order valence-electron chi connectivity index (χ2n) is 5.42. The molecule has 1 heterocycles. The number of rotatable bonds is 4. The van der Waals surface area contributed by atoms with Gasteiger partial charge in [-0.2, -0.15) is 0 Å². The molecule has 0 N–H and O–H groups in total. The summed E-state index contributed by atoms with van der Waals surface area (Å²) in [6.07, 6.45) is 1.61.